The van der Waals surface area contributed by atoms with Crippen LogP contribution in [0.3, 0.4) is 0 Å². The SMILES string of the molecule is CCc1ncc(CN(C)C(=O)c2nc(-c3cc(C(=O)NC)n(C)n3)nc3ccc(C4CC4)cc23)n1C. The number of nitrogens with zero attached hydrogens (tertiary/aromatic N) is 7. The van der Waals surface area contributed by atoms with Gasteiger partial charge in [0.2, 0.25) is 0 Å². The van der Waals surface area contributed by atoms with Crippen molar-refractivity contribution in [3.63, 3.8) is 0 Å². The van der Waals surface area contributed by atoms with E-state index in [1.54, 1.807) is 32.1 Å². The van der Waals surface area contributed by atoms with Crippen molar-refractivity contribution in [1.29, 1.82) is 0 Å². The number of fused-ring (bicyclic) bond motifs is 1. The van der Waals surface area contributed by atoms with Crippen molar-refractivity contribution in [2.75, 3.05) is 14.1 Å². The Morgan fingerprint density at radius 3 is 2.61 bits per heavy atom. The molecule has 1 fully saturated rings. The first kappa shape index (κ1) is 23.7. The Morgan fingerprint density at radius 1 is 1.17 bits per heavy atom. The summed E-state index contributed by atoms with van der Waals surface area (Å²) in [7, 11) is 6.99. The maximum atomic E-state index is 13.8. The van der Waals surface area contributed by atoms with Gasteiger partial charge in [0, 0.05) is 46.1 Å². The molecule has 36 heavy (non-hydrogen) atoms. The normalized spacial score (nSPS) is 13.2. The number of aryl methyl sites for hydroxylation is 2. The third kappa shape index (κ3) is 4.23. The topological polar surface area (TPSA) is 111 Å². The molecule has 3 aromatic heterocycles. The third-order valence-corrected chi connectivity index (χ3v) is 6.78. The lowest BCUT2D eigenvalue weighted by molar-refractivity contribution is 0.0778. The lowest BCUT2D eigenvalue weighted by Gasteiger charge is -2.18. The maximum absolute atomic E-state index is 13.8. The maximum Gasteiger partial charge on any atom is 0.273 e. The van der Waals surface area contributed by atoms with Crippen LogP contribution in [0.1, 0.15) is 63.7 Å². The van der Waals surface area contributed by atoms with Crippen molar-refractivity contribution in [3.8, 4) is 11.5 Å². The van der Waals surface area contributed by atoms with E-state index in [4.69, 9.17) is 9.97 Å². The number of aromatic nitrogens is 6. The zero-order valence-corrected chi connectivity index (χ0v) is 21.2. The molecular weight excluding hydrogens is 456 g/mol. The number of benzene rings is 1. The van der Waals surface area contributed by atoms with Gasteiger partial charge in [-0.3, -0.25) is 14.3 Å². The highest BCUT2D eigenvalue weighted by Gasteiger charge is 2.26. The Morgan fingerprint density at radius 2 is 1.94 bits per heavy atom. The van der Waals surface area contributed by atoms with Gasteiger partial charge in [-0.15, -0.1) is 0 Å². The third-order valence-electron chi connectivity index (χ3n) is 6.78. The van der Waals surface area contributed by atoms with Gasteiger partial charge in [0.15, 0.2) is 5.82 Å². The highest BCUT2D eigenvalue weighted by Crippen LogP contribution is 2.41. The van der Waals surface area contributed by atoms with Gasteiger partial charge in [0.05, 0.1) is 24.0 Å². The average Bonchev–Trinajstić information content (AvgIpc) is 3.58. The quantitative estimate of drug-likeness (QED) is 0.430. The number of nitrogens with one attached hydrogen (secondary N) is 1. The van der Waals surface area contributed by atoms with Crippen LogP contribution in [0.15, 0.2) is 30.5 Å². The Labute approximate surface area is 209 Å². The van der Waals surface area contributed by atoms with Crippen LogP contribution in [-0.2, 0) is 27.1 Å². The summed E-state index contributed by atoms with van der Waals surface area (Å²) in [5, 5.41) is 7.78. The molecule has 4 aromatic rings. The van der Waals surface area contributed by atoms with Gasteiger partial charge in [-0.25, -0.2) is 15.0 Å². The molecule has 1 saturated carbocycles. The first-order valence-electron chi connectivity index (χ1n) is 12.1. The highest BCUT2D eigenvalue weighted by atomic mass is 16.2. The molecule has 5 rings (SSSR count). The lowest BCUT2D eigenvalue weighted by atomic mass is 10.1. The number of rotatable bonds is 7. The summed E-state index contributed by atoms with van der Waals surface area (Å²) < 4.78 is 3.51. The van der Waals surface area contributed by atoms with Gasteiger partial charge in [-0.2, -0.15) is 5.10 Å². The molecule has 3 heterocycles. The van der Waals surface area contributed by atoms with Crippen molar-refractivity contribution < 1.29 is 9.59 Å². The van der Waals surface area contributed by atoms with Crippen molar-refractivity contribution >= 4 is 22.7 Å². The molecule has 0 bridgehead atoms. The molecule has 0 atom stereocenters. The number of imidazole rings is 1. The minimum absolute atomic E-state index is 0.210. The summed E-state index contributed by atoms with van der Waals surface area (Å²) >= 11 is 0. The van der Waals surface area contributed by atoms with Crippen molar-refractivity contribution in [2.45, 2.75) is 38.6 Å². The van der Waals surface area contributed by atoms with Crippen LogP contribution in [0.5, 0.6) is 0 Å². The molecular formula is C26H30N8O2. The summed E-state index contributed by atoms with van der Waals surface area (Å²) in [5.74, 6) is 1.33. The second-order valence-corrected chi connectivity index (χ2v) is 9.30. The molecule has 0 radical (unpaired) electrons. The van der Waals surface area contributed by atoms with Crippen molar-refractivity contribution in [2.24, 2.45) is 14.1 Å². The molecule has 1 aromatic carbocycles. The fourth-order valence-electron chi connectivity index (χ4n) is 4.47. The second kappa shape index (κ2) is 9.18. The fraction of sp³-hybridized carbons (Fsp3) is 0.385. The minimum atomic E-state index is -0.259. The van der Waals surface area contributed by atoms with Gasteiger partial charge in [0.1, 0.15) is 22.9 Å². The molecule has 0 aliphatic heterocycles. The van der Waals surface area contributed by atoms with Crippen LogP contribution in [-0.4, -0.2) is 60.1 Å². The summed E-state index contributed by atoms with van der Waals surface area (Å²) in [6.45, 7) is 2.45. The van der Waals surface area contributed by atoms with Gasteiger partial charge in [0.25, 0.3) is 11.8 Å². The molecule has 10 heteroatoms. The Bertz CT molecular complexity index is 1480. The van der Waals surface area contributed by atoms with E-state index in [9.17, 15) is 9.59 Å². The average molecular weight is 487 g/mol. The van der Waals surface area contributed by atoms with Crippen LogP contribution < -0.4 is 5.32 Å². The summed E-state index contributed by atoms with van der Waals surface area (Å²) in [4.78, 5) is 41.5. The van der Waals surface area contributed by atoms with Crippen molar-refractivity contribution in [1.82, 2.24) is 39.5 Å². The van der Waals surface area contributed by atoms with E-state index in [1.807, 2.05) is 29.9 Å². The van der Waals surface area contributed by atoms with Gasteiger partial charge in [-0.1, -0.05) is 13.0 Å². The number of carbonyl (C=O) groups is 2. The van der Waals surface area contributed by atoms with Gasteiger partial charge < -0.3 is 14.8 Å². The standard InChI is InChI=1S/C26H30N8O2/c1-6-22-28-13-17(33(22)4)14-32(3)26(36)23-18-11-16(15-7-8-15)9-10-19(18)29-24(30-23)20-12-21(25(35)27-2)34(5)31-20/h9-13,15H,6-8,14H2,1-5H3,(H,27,35). The second-order valence-electron chi connectivity index (χ2n) is 9.30. The first-order chi connectivity index (χ1) is 17.3. The smallest absolute Gasteiger partial charge is 0.273 e. The lowest BCUT2D eigenvalue weighted by Crippen LogP contribution is -2.28. The number of amides is 2. The molecule has 2 amide bonds. The first-order valence-corrected chi connectivity index (χ1v) is 12.1. The van der Waals surface area contributed by atoms with Crippen LogP contribution in [0, 0.1) is 0 Å². The number of hydrogen-bond acceptors (Lipinski definition) is 6. The van der Waals surface area contributed by atoms with Gasteiger partial charge in [-0.05, 0) is 36.5 Å². The number of hydrogen-bond donors (Lipinski definition) is 1. The van der Waals surface area contributed by atoms with Crippen molar-refractivity contribution in [3.05, 3.63) is 58.9 Å². The van der Waals surface area contributed by atoms with Crippen LogP contribution in [0.4, 0.5) is 0 Å². The Kier molecular flexibility index (Phi) is 6.03. The monoisotopic (exact) mass is 486 g/mol. The van der Waals surface area contributed by atoms with E-state index in [0.717, 1.165) is 36.2 Å². The van der Waals surface area contributed by atoms with Crippen LogP contribution in [0.25, 0.3) is 22.4 Å². The molecule has 186 valence electrons. The fourth-order valence-corrected chi connectivity index (χ4v) is 4.47. The molecule has 10 nitrogen and oxygen atoms in total. The molecule has 0 spiro atoms. The zero-order chi connectivity index (χ0) is 25.6. The van der Waals surface area contributed by atoms with E-state index in [1.165, 1.54) is 10.2 Å². The Hall–Kier alpha value is -4.08. The number of carbonyl (C=O) groups excluding carboxylic acids is 2. The van der Waals surface area contributed by atoms with E-state index in [0.29, 0.717) is 40.9 Å². The Balaban J connectivity index is 1.58. The van der Waals surface area contributed by atoms with E-state index >= 15 is 0 Å². The van der Waals surface area contributed by atoms with E-state index < -0.39 is 0 Å². The minimum Gasteiger partial charge on any atom is -0.354 e. The molecule has 0 unspecified atom stereocenters. The molecule has 1 aliphatic rings. The van der Waals surface area contributed by atoms with Crippen LogP contribution in [0.2, 0.25) is 0 Å². The predicted molar refractivity (Wildman–Crippen MR) is 135 cm³/mol. The molecule has 1 aliphatic carbocycles. The molecule has 0 saturated heterocycles. The predicted octanol–water partition coefficient (Wildman–Crippen LogP) is 2.84. The van der Waals surface area contributed by atoms with Crippen LogP contribution >= 0.6 is 0 Å². The molecule has 1 N–H and O–H groups in total. The highest BCUT2D eigenvalue weighted by molar-refractivity contribution is 6.05. The van der Waals surface area contributed by atoms with Gasteiger partial charge >= 0.3 is 0 Å². The summed E-state index contributed by atoms with van der Waals surface area (Å²) in [6.07, 6.45) is 4.94. The zero-order valence-electron chi connectivity index (χ0n) is 21.2. The summed E-state index contributed by atoms with van der Waals surface area (Å²) in [5.41, 5.74) is 3.95. The van der Waals surface area contributed by atoms with E-state index in [-0.39, 0.29) is 11.8 Å². The summed E-state index contributed by atoms with van der Waals surface area (Å²) in [6, 6.07) is 7.71. The van der Waals surface area contributed by atoms with E-state index in [2.05, 4.69) is 28.4 Å². The largest absolute Gasteiger partial charge is 0.354 e.